The third-order valence-corrected chi connectivity index (χ3v) is 2.98. The summed E-state index contributed by atoms with van der Waals surface area (Å²) in [6.07, 6.45) is 3.93. The van der Waals surface area contributed by atoms with E-state index in [0.29, 0.717) is 16.6 Å². The molecule has 2 unspecified atom stereocenters. The number of carbonyl (C=O) groups excluding carboxylic acids is 1. The minimum absolute atomic E-state index is 0.0203. The van der Waals surface area contributed by atoms with Gasteiger partial charge in [-0.1, -0.05) is 6.07 Å². The van der Waals surface area contributed by atoms with Crippen LogP contribution in [-0.2, 0) is 0 Å². The fourth-order valence-corrected chi connectivity index (χ4v) is 2.29. The number of hydrogen-bond acceptors (Lipinski definition) is 3. The standard InChI is InChI=1S/C14H16ClN3O/c1-9(15)8-10(2)18-14(19)11-4-3-5-12-13(11)17-7-6-16-12/h3-7,9-10H,8H2,1-2H3,(H,18,19). The van der Waals surface area contributed by atoms with Crippen LogP contribution in [0.1, 0.15) is 30.6 Å². The predicted molar refractivity (Wildman–Crippen MR) is 76.4 cm³/mol. The van der Waals surface area contributed by atoms with E-state index in [1.165, 1.54) is 0 Å². The van der Waals surface area contributed by atoms with Gasteiger partial charge in [-0.3, -0.25) is 14.8 Å². The Morgan fingerprint density at radius 1 is 1.32 bits per heavy atom. The van der Waals surface area contributed by atoms with Gasteiger partial charge < -0.3 is 5.32 Å². The monoisotopic (exact) mass is 277 g/mol. The van der Waals surface area contributed by atoms with Crippen molar-refractivity contribution in [3.63, 3.8) is 0 Å². The van der Waals surface area contributed by atoms with Crippen molar-refractivity contribution < 1.29 is 4.79 Å². The van der Waals surface area contributed by atoms with E-state index in [9.17, 15) is 4.79 Å². The van der Waals surface area contributed by atoms with Gasteiger partial charge in [0.25, 0.3) is 5.91 Å². The van der Waals surface area contributed by atoms with Crippen molar-refractivity contribution in [1.29, 1.82) is 0 Å². The summed E-state index contributed by atoms with van der Waals surface area (Å²) in [5.41, 5.74) is 1.88. The minimum atomic E-state index is -0.143. The van der Waals surface area contributed by atoms with Gasteiger partial charge in [-0.25, -0.2) is 0 Å². The first-order chi connectivity index (χ1) is 9.08. The maximum Gasteiger partial charge on any atom is 0.253 e. The van der Waals surface area contributed by atoms with E-state index in [-0.39, 0.29) is 17.3 Å². The maximum absolute atomic E-state index is 12.2. The van der Waals surface area contributed by atoms with Crippen LogP contribution in [0.2, 0.25) is 0 Å². The third kappa shape index (κ3) is 3.41. The van der Waals surface area contributed by atoms with Crippen molar-refractivity contribution in [2.75, 3.05) is 0 Å². The number of amides is 1. The smallest absolute Gasteiger partial charge is 0.253 e. The van der Waals surface area contributed by atoms with E-state index in [2.05, 4.69) is 15.3 Å². The molecule has 0 fully saturated rings. The molecule has 0 bridgehead atoms. The topological polar surface area (TPSA) is 54.9 Å². The molecular weight excluding hydrogens is 262 g/mol. The van der Waals surface area contributed by atoms with Crippen LogP contribution in [-0.4, -0.2) is 27.3 Å². The normalized spacial score (nSPS) is 14.1. The molecule has 0 spiro atoms. The molecule has 0 aliphatic heterocycles. The summed E-state index contributed by atoms with van der Waals surface area (Å²) in [6, 6.07) is 5.42. The molecule has 0 saturated heterocycles. The van der Waals surface area contributed by atoms with Crippen LogP contribution in [0.25, 0.3) is 11.0 Å². The zero-order valence-corrected chi connectivity index (χ0v) is 11.7. The van der Waals surface area contributed by atoms with Crippen LogP contribution in [0.4, 0.5) is 0 Å². The Kier molecular flexibility index (Phi) is 4.32. The first kappa shape index (κ1) is 13.7. The lowest BCUT2D eigenvalue weighted by atomic mass is 10.1. The molecule has 100 valence electrons. The van der Waals surface area contributed by atoms with Gasteiger partial charge >= 0.3 is 0 Å². The molecule has 0 aliphatic carbocycles. The molecule has 2 aromatic rings. The lowest BCUT2D eigenvalue weighted by Crippen LogP contribution is -2.34. The van der Waals surface area contributed by atoms with E-state index >= 15 is 0 Å². The van der Waals surface area contributed by atoms with Crippen LogP contribution >= 0.6 is 11.6 Å². The highest BCUT2D eigenvalue weighted by atomic mass is 35.5. The molecule has 2 rings (SSSR count). The Morgan fingerprint density at radius 3 is 2.79 bits per heavy atom. The number of benzene rings is 1. The molecule has 0 radical (unpaired) electrons. The fraction of sp³-hybridized carbons (Fsp3) is 0.357. The Labute approximate surface area is 117 Å². The molecule has 0 aliphatic rings. The van der Waals surface area contributed by atoms with Crippen LogP contribution in [0.5, 0.6) is 0 Å². The number of carbonyl (C=O) groups is 1. The Bertz CT molecular complexity index is 580. The average molecular weight is 278 g/mol. The predicted octanol–water partition coefficient (Wildman–Crippen LogP) is 2.77. The van der Waals surface area contributed by atoms with Crippen molar-refractivity contribution in [2.45, 2.75) is 31.7 Å². The van der Waals surface area contributed by atoms with E-state index in [1.807, 2.05) is 19.9 Å². The largest absolute Gasteiger partial charge is 0.349 e. The second-order valence-electron chi connectivity index (χ2n) is 4.62. The highest BCUT2D eigenvalue weighted by Gasteiger charge is 2.14. The summed E-state index contributed by atoms with van der Waals surface area (Å²) in [5.74, 6) is -0.143. The molecule has 1 aromatic heterocycles. The molecule has 19 heavy (non-hydrogen) atoms. The van der Waals surface area contributed by atoms with Crippen LogP contribution in [0.15, 0.2) is 30.6 Å². The number of halogens is 1. The molecule has 4 nitrogen and oxygen atoms in total. The maximum atomic E-state index is 12.2. The van der Waals surface area contributed by atoms with Gasteiger partial charge in [-0.15, -0.1) is 11.6 Å². The number of alkyl halides is 1. The van der Waals surface area contributed by atoms with Gasteiger partial charge in [-0.2, -0.15) is 0 Å². The lowest BCUT2D eigenvalue weighted by molar-refractivity contribution is 0.0940. The van der Waals surface area contributed by atoms with Crippen molar-refractivity contribution in [1.82, 2.24) is 15.3 Å². The summed E-state index contributed by atoms with van der Waals surface area (Å²) < 4.78 is 0. The summed E-state index contributed by atoms with van der Waals surface area (Å²) in [4.78, 5) is 20.6. The van der Waals surface area contributed by atoms with Gasteiger partial charge in [0.05, 0.1) is 11.1 Å². The van der Waals surface area contributed by atoms with Crippen LogP contribution in [0, 0.1) is 0 Å². The van der Waals surface area contributed by atoms with Gasteiger partial charge in [0.2, 0.25) is 0 Å². The number of para-hydroxylation sites is 1. The number of fused-ring (bicyclic) bond motifs is 1. The summed E-state index contributed by atoms with van der Waals surface area (Å²) >= 11 is 5.92. The van der Waals surface area contributed by atoms with E-state index in [0.717, 1.165) is 6.42 Å². The molecule has 2 atom stereocenters. The second kappa shape index (κ2) is 5.97. The van der Waals surface area contributed by atoms with Crippen molar-refractivity contribution >= 4 is 28.5 Å². The van der Waals surface area contributed by atoms with Gasteiger partial charge in [0.1, 0.15) is 5.52 Å². The van der Waals surface area contributed by atoms with E-state index < -0.39 is 0 Å². The quantitative estimate of drug-likeness (QED) is 0.875. The lowest BCUT2D eigenvalue weighted by Gasteiger charge is -2.15. The first-order valence-electron chi connectivity index (χ1n) is 6.22. The van der Waals surface area contributed by atoms with Gasteiger partial charge in [-0.05, 0) is 32.4 Å². The number of hydrogen-bond donors (Lipinski definition) is 1. The van der Waals surface area contributed by atoms with E-state index in [4.69, 9.17) is 11.6 Å². The van der Waals surface area contributed by atoms with E-state index in [1.54, 1.807) is 24.5 Å². The Balaban J connectivity index is 2.22. The number of rotatable bonds is 4. The third-order valence-electron chi connectivity index (χ3n) is 2.80. The van der Waals surface area contributed by atoms with Gasteiger partial charge in [0.15, 0.2) is 0 Å². The Hall–Kier alpha value is -1.68. The molecule has 1 amide bonds. The van der Waals surface area contributed by atoms with Gasteiger partial charge in [0, 0.05) is 23.8 Å². The van der Waals surface area contributed by atoms with Crippen LogP contribution in [0.3, 0.4) is 0 Å². The summed E-state index contributed by atoms with van der Waals surface area (Å²) in [6.45, 7) is 3.85. The highest BCUT2D eigenvalue weighted by molar-refractivity contribution is 6.20. The fourth-order valence-electron chi connectivity index (χ4n) is 2.02. The highest BCUT2D eigenvalue weighted by Crippen LogP contribution is 2.14. The number of aromatic nitrogens is 2. The summed E-state index contributed by atoms with van der Waals surface area (Å²) in [5, 5.41) is 2.96. The van der Waals surface area contributed by atoms with Crippen LogP contribution < -0.4 is 5.32 Å². The minimum Gasteiger partial charge on any atom is -0.349 e. The molecule has 1 aromatic carbocycles. The number of nitrogens with zero attached hydrogens (tertiary/aromatic N) is 2. The zero-order chi connectivity index (χ0) is 13.8. The summed E-state index contributed by atoms with van der Waals surface area (Å²) in [7, 11) is 0. The van der Waals surface area contributed by atoms with Crippen molar-refractivity contribution in [3.8, 4) is 0 Å². The van der Waals surface area contributed by atoms with Crippen molar-refractivity contribution in [2.24, 2.45) is 0 Å². The zero-order valence-electron chi connectivity index (χ0n) is 10.9. The molecule has 5 heteroatoms. The Morgan fingerprint density at radius 2 is 2.05 bits per heavy atom. The molecule has 1 heterocycles. The SMILES string of the molecule is CC(Cl)CC(C)NC(=O)c1cccc2nccnc12. The first-order valence-corrected chi connectivity index (χ1v) is 6.66. The molecule has 1 N–H and O–H groups in total. The van der Waals surface area contributed by atoms with Crippen molar-refractivity contribution in [3.05, 3.63) is 36.2 Å². The number of nitrogens with one attached hydrogen (secondary N) is 1. The molecular formula is C14H16ClN3O. The average Bonchev–Trinajstić information content (AvgIpc) is 2.36. The second-order valence-corrected chi connectivity index (χ2v) is 5.37. The molecule has 0 saturated carbocycles.